The van der Waals surface area contributed by atoms with Crippen molar-refractivity contribution in [1.82, 2.24) is 4.90 Å². The fourth-order valence-corrected chi connectivity index (χ4v) is 1.82. The quantitative estimate of drug-likeness (QED) is 0.734. The van der Waals surface area contributed by atoms with Gasteiger partial charge in [0.25, 0.3) is 0 Å². The van der Waals surface area contributed by atoms with Gasteiger partial charge in [-0.2, -0.15) is 0 Å². The summed E-state index contributed by atoms with van der Waals surface area (Å²) in [6.07, 6.45) is 2.56. The summed E-state index contributed by atoms with van der Waals surface area (Å²) >= 11 is 0. The van der Waals surface area contributed by atoms with E-state index in [-0.39, 0.29) is 5.92 Å². The van der Waals surface area contributed by atoms with Crippen LogP contribution in [0.3, 0.4) is 0 Å². The van der Waals surface area contributed by atoms with Gasteiger partial charge in [-0.1, -0.05) is 13.8 Å². The minimum atomic E-state index is -0.704. The summed E-state index contributed by atoms with van der Waals surface area (Å²) in [4.78, 5) is 12.9. The second-order valence-corrected chi connectivity index (χ2v) is 5.01. The molecule has 2 unspecified atom stereocenters. The molecule has 1 N–H and O–H groups in total. The Morgan fingerprint density at radius 3 is 2.36 bits per heavy atom. The van der Waals surface area contributed by atoms with Crippen LogP contribution in [0.2, 0.25) is 0 Å². The summed E-state index contributed by atoms with van der Waals surface area (Å²) in [6, 6.07) is 0.490. The molecule has 0 aromatic heterocycles. The van der Waals surface area contributed by atoms with Gasteiger partial charge < -0.3 is 10.0 Å². The minimum Gasteiger partial charge on any atom is -0.481 e. The number of carboxylic acids is 1. The Morgan fingerprint density at radius 2 is 2.00 bits per heavy atom. The Bertz CT molecular complexity index is 223. The van der Waals surface area contributed by atoms with Crippen LogP contribution in [0, 0.1) is 11.3 Å². The highest BCUT2D eigenvalue weighted by molar-refractivity contribution is 5.69. The summed E-state index contributed by atoms with van der Waals surface area (Å²) in [7, 11) is 2.02. The molecule has 0 aromatic rings. The number of aliphatic carboxylic acids is 1. The molecule has 0 saturated heterocycles. The molecule has 1 aliphatic rings. The fourth-order valence-electron chi connectivity index (χ4n) is 1.82. The van der Waals surface area contributed by atoms with Crippen molar-refractivity contribution in [2.45, 2.75) is 39.7 Å². The molecule has 3 nitrogen and oxygen atoms in total. The zero-order valence-electron chi connectivity index (χ0n) is 9.58. The summed E-state index contributed by atoms with van der Waals surface area (Å²) in [5.41, 5.74) is 0.437. The van der Waals surface area contributed by atoms with Crippen LogP contribution in [-0.4, -0.2) is 35.6 Å². The Hall–Kier alpha value is -0.570. The number of hydrogen-bond acceptors (Lipinski definition) is 2. The summed E-state index contributed by atoms with van der Waals surface area (Å²) in [6.45, 7) is 6.88. The zero-order chi connectivity index (χ0) is 10.9. The first-order valence-corrected chi connectivity index (χ1v) is 5.30. The average Bonchev–Trinajstić information content (AvgIpc) is 2.83. The fraction of sp³-hybridized carbons (Fsp3) is 0.909. The van der Waals surface area contributed by atoms with Gasteiger partial charge in [-0.05, 0) is 32.2 Å². The Labute approximate surface area is 86.1 Å². The van der Waals surface area contributed by atoms with E-state index in [1.807, 2.05) is 7.05 Å². The van der Waals surface area contributed by atoms with Gasteiger partial charge in [0.05, 0.1) is 5.92 Å². The predicted molar refractivity (Wildman–Crippen MR) is 56.2 cm³/mol. The molecule has 2 atom stereocenters. The molecular weight excluding hydrogens is 178 g/mol. The number of rotatable bonds is 5. The third-order valence-corrected chi connectivity index (χ3v) is 3.69. The van der Waals surface area contributed by atoms with Crippen molar-refractivity contribution in [1.29, 1.82) is 0 Å². The van der Waals surface area contributed by atoms with Crippen LogP contribution >= 0.6 is 0 Å². The van der Waals surface area contributed by atoms with Crippen LogP contribution in [0.5, 0.6) is 0 Å². The van der Waals surface area contributed by atoms with Crippen molar-refractivity contribution in [2.75, 3.05) is 13.6 Å². The number of nitrogens with zero attached hydrogens (tertiary/aromatic N) is 1. The molecule has 0 aliphatic heterocycles. The van der Waals surface area contributed by atoms with Gasteiger partial charge in [-0.25, -0.2) is 0 Å². The highest BCUT2D eigenvalue weighted by Crippen LogP contribution is 2.49. The number of carboxylic acid groups (broad SMARTS) is 1. The topological polar surface area (TPSA) is 40.5 Å². The van der Waals surface area contributed by atoms with Crippen LogP contribution in [0.15, 0.2) is 0 Å². The zero-order valence-corrected chi connectivity index (χ0v) is 9.58. The van der Waals surface area contributed by atoms with Gasteiger partial charge in [-0.3, -0.25) is 4.79 Å². The molecule has 1 aliphatic carbocycles. The van der Waals surface area contributed by atoms with E-state index in [4.69, 9.17) is 5.11 Å². The van der Waals surface area contributed by atoms with E-state index < -0.39 is 5.97 Å². The molecule has 1 fully saturated rings. The van der Waals surface area contributed by atoms with Gasteiger partial charge in [0.15, 0.2) is 0 Å². The standard InChI is InChI=1S/C11H21NO2/c1-8(10(13)14)7-12(4)9(2)11(3)5-6-11/h8-9H,5-7H2,1-4H3,(H,13,14). The maximum atomic E-state index is 10.7. The summed E-state index contributed by atoms with van der Waals surface area (Å²) < 4.78 is 0. The van der Waals surface area contributed by atoms with E-state index in [0.29, 0.717) is 18.0 Å². The van der Waals surface area contributed by atoms with Crippen LogP contribution in [0.4, 0.5) is 0 Å². The van der Waals surface area contributed by atoms with Crippen molar-refractivity contribution in [3.8, 4) is 0 Å². The first kappa shape index (κ1) is 11.5. The van der Waals surface area contributed by atoms with E-state index in [0.717, 1.165) is 0 Å². The van der Waals surface area contributed by atoms with Crippen molar-refractivity contribution < 1.29 is 9.90 Å². The number of hydrogen-bond donors (Lipinski definition) is 1. The van der Waals surface area contributed by atoms with Crippen molar-refractivity contribution in [3.63, 3.8) is 0 Å². The van der Waals surface area contributed by atoms with Crippen molar-refractivity contribution in [2.24, 2.45) is 11.3 Å². The SMILES string of the molecule is CC(CN(C)C(C)C1(C)CC1)C(=O)O. The highest BCUT2D eigenvalue weighted by atomic mass is 16.4. The highest BCUT2D eigenvalue weighted by Gasteiger charge is 2.44. The van der Waals surface area contributed by atoms with Crippen LogP contribution in [0.25, 0.3) is 0 Å². The first-order chi connectivity index (χ1) is 6.37. The second kappa shape index (κ2) is 3.89. The lowest BCUT2D eigenvalue weighted by Gasteiger charge is -2.31. The van der Waals surface area contributed by atoms with E-state index in [1.165, 1.54) is 12.8 Å². The third-order valence-electron chi connectivity index (χ3n) is 3.69. The van der Waals surface area contributed by atoms with Gasteiger partial charge in [0.2, 0.25) is 0 Å². The molecule has 0 spiro atoms. The molecule has 14 heavy (non-hydrogen) atoms. The second-order valence-electron chi connectivity index (χ2n) is 5.01. The Kier molecular flexibility index (Phi) is 3.20. The predicted octanol–water partition coefficient (Wildman–Crippen LogP) is 1.83. The van der Waals surface area contributed by atoms with E-state index in [9.17, 15) is 4.79 Å². The van der Waals surface area contributed by atoms with Gasteiger partial charge in [0, 0.05) is 12.6 Å². The van der Waals surface area contributed by atoms with Crippen molar-refractivity contribution >= 4 is 5.97 Å². The molecule has 1 saturated carbocycles. The molecule has 1 rings (SSSR count). The van der Waals surface area contributed by atoms with E-state index >= 15 is 0 Å². The average molecular weight is 199 g/mol. The van der Waals surface area contributed by atoms with Crippen molar-refractivity contribution in [3.05, 3.63) is 0 Å². The van der Waals surface area contributed by atoms with Gasteiger partial charge in [-0.15, -0.1) is 0 Å². The maximum absolute atomic E-state index is 10.7. The summed E-state index contributed by atoms with van der Waals surface area (Å²) in [5, 5.41) is 8.80. The third kappa shape index (κ3) is 2.47. The normalized spacial score (nSPS) is 23.2. The number of carbonyl (C=O) groups is 1. The smallest absolute Gasteiger partial charge is 0.307 e. The van der Waals surface area contributed by atoms with E-state index in [2.05, 4.69) is 18.7 Å². The monoisotopic (exact) mass is 199 g/mol. The molecule has 0 bridgehead atoms. The van der Waals surface area contributed by atoms with Crippen LogP contribution < -0.4 is 0 Å². The van der Waals surface area contributed by atoms with Gasteiger partial charge in [0.1, 0.15) is 0 Å². The molecule has 0 radical (unpaired) electrons. The van der Waals surface area contributed by atoms with Crippen LogP contribution in [0.1, 0.15) is 33.6 Å². The molecule has 0 heterocycles. The molecule has 3 heteroatoms. The molecule has 82 valence electrons. The lowest BCUT2D eigenvalue weighted by Crippen LogP contribution is -2.39. The van der Waals surface area contributed by atoms with E-state index in [1.54, 1.807) is 6.92 Å². The molecule has 0 amide bonds. The van der Waals surface area contributed by atoms with Crippen LogP contribution in [-0.2, 0) is 4.79 Å². The molecular formula is C11H21NO2. The molecule has 0 aromatic carbocycles. The summed E-state index contributed by atoms with van der Waals surface area (Å²) in [5.74, 6) is -0.977. The minimum absolute atomic E-state index is 0.273. The Balaban J connectivity index is 2.41. The lowest BCUT2D eigenvalue weighted by atomic mass is 9.98. The first-order valence-electron chi connectivity index (χ1n) is 5.30. The van der Waals surface area contributed by atoms with Gasteiger partial charge >= 0.3 is 5.97 Å². The largest absolute Gasteiger partial charge is 0.481 e. The maximum Gasteiger partial charge on any atom is 0.307 e. The Morgan fingerprint density at radius 1 is 1.50 bits per heavy atom. The lowest BCUT2D eigenvalue weighted by molar-refractivity contribution is -0.141.